The smallest absolute Gasteiger partial charge is 0.242 e. The number of rotatable bonds is 7. The van der Waals surface area contributed by atoms with E-state index in [0.717, 1.165) is 11.1 Å². The summed E-state index contributed by atoms with van der Waals surface area (Å²) in [5.41, 5.74) is 3.97. The van der Waals surface area contributed by atoms with Crippen molar-refractivity contribution in [1.29, 1.82) is 0 Å². The lowest BCUT2D eigenvalue weighted by Crippen LogP contribution is -2.32. The SMILES string of the molecule is CC(=O)c1c(C)nn(CC(=O)N[C@H](CCO)c2ccc(C)cc2)c1C. The van der Waals surface area contributed by atoms with Gasteiger partial charge in [-0.05, 0) is 39.7 Å². The highest BCUT2D eigenvalue weighted by Crippen LogP contribution is 2.18. The molecule has 0 fully saturated rings. The molecule has 0 unspecified atom stereocenters. The number of aromatic nitrogens is 2. The van der Waals surface area contributed by atoms with E-state index in [1.807, 2.05) is 31.2 Å². The number of nitrogens with one attached hydrogen (secondary N) is 1. The molecule has 2 aromatic rings. The van der Waals surface area contributed by atoms with Crippen molar-refractivity contribution in [2.45, 2.75) is 46.7 Å². The molecule has 134 valence electrons. The van der Waals surface area contributed by atoms with Gasteiger partial charge in [-0.15, -0.1) is 0 Å². The van der Waals surface area contributed by atoms with Gasteiger partial charge in [0.15, 0.2) is 5.78 Å². The number of hydrogen-bond donors (Lipinski definition) is 2. The van der Waals surface area contributed by atoms with Crippen LogP contribution in [0.2, 0.25) is 0 Å². The van der Waals surface area contributed by atoms with Gasteiger partial charge in [0.25, 0.3) is 0 Å². The summed E-state index contributed by atoms with van der Waals surface area (Å²) in [4.78, 5) is 24.1. The molecule has 0 radical (unpaired) electrons. The predicted octanol–water partition coefficient (Wildman–Crippen LogP) is 2.25. The van der Waals surface area contributed by atoms with Gasteiger partial charge in [0.2, 0.25) is 5.91 Å². The molecule has 2 rings (SSSR count). The first kappa shape index (κ1) is 18.9. The fourth-order valence-electron chi connectivity index (χ4n) is 2.99. The fraction of sp³-hybridized carbons (Fsp3) is 0.421. The Morgan fingerprint density at radius 1 is 1.20 bits per heavy atom. The highest BCUT2D eigenvalue weighted by atomic mass is 16.3. The van der Waals surface area contributed by atoms with Gasteiger partial charge >= 0.3 is 0 Å². The Morgan fingerprint density at radius 2 is 1.84 bits per heavy atom. The van der Waals surface area contributed by atoms with Crippen molar-refractivity contribution in [3.05, 3.63) is 52.3 Å². The van der Waals surface area contributed by atoms with Gasteiger partial charge in [-0.2, -0.15) is 5.10 Å². The van der Waals surface area contributed by atoms with Crippen molar-refractivity contribution in [3.63, 3.8) is 0 Å². The number of ketones is 1. The van der Waals surface area contributed by atoms with Crippen molar-refractivity contribution in [3.8, 4) is 0 Å². The van der Waals surface area contributed by atoms with Crippen LogP contribution in [0.4, 0.5) is 0 Å². The van der Waals surface area contributed by atoms with Gasteiger partial charge in [0.05, 0.1) is 17.3 Å². The summed E-state index contributed by atoms with van der Waals surface area (Å²) in [5.74, 6) is -0.265. The fourth-order valence-corrected chi connectivity index (χ4v) is 2.99. The van der Waals surface area contributed by atoms with E-state index in [0.29, 0.717) is 23.4 Å². The van der Waals surface area contributed by atoms with Gasteiger partial charge in [-0.3, -0.25) is 14.3 Å². The van der Waals surface area contributed by atoms with Gasteiger partial charge in [0, 0.05) is 12.3 Å². The second kappa shape index (κ2) is 8.07. The number of hydrogen-bond acceptors (Lipinski definition) is 4. The summed E-state index contributed by atoms with van der Waals surface area (Å²) < 4.78 is 1.55. The molecule has 1 aromatic carbocycles. The van der Waals surface area contributed by atoms with E-state index in [2.05, 4.69) is 10.4 Å². The molecule has 0 spiro atoms. The third-order valence-corrected chi connectivity index (χ3v) is 4.26. The molecule has 2 N–H and O–H groups in total. The van der Waals surface area contributed by atoms with Crippen LogP contribution in [0.5, 0.6) is 0 Å². The van der Waals surface area contributed by atoms with Crippen molar-refractivity contribution < 1.29 is 14.7 Å². The van der Waals surface area contributed by atoms with Crippen LogP contribution in [0.3, 0.4) is 0 Å². The largest absolute Gasteiger partial charge is 0.396 e. The molecule has 0 saturated carbocycles. The normalized spacial score (nSPS) is 12.0. The molecule has 25 heavy (non-hydrogen) atoms. The summed E-state index contributed by atoms with van der Waals surface area (Å²) in [7, 11) is 0. The molecule has 0 aliphatic heterocycles. The summed E-state index contributed by atoms with van der Waals surface area (Å²) in [6, 6.07) is 7.60. The molecule has 1 atom stereocenters. The summed E-state index contributed by atoms with van der Waals surface area (Å²) in [5, 5.41) is 16.5. The van der Waals surface area contributed by atoms with Crippen molar-refractivity contribution in [2.24, 2.45) is 0 Å². The first-order chi connectivity index (χ1) is 11.8. The van der Waals surface area contributed by atoms with Crippen LogP contribution in [-0.2, 0) is 11.3 Å². The van der Waals surface area contributed by atoms with E-state index >= 15 is 0 Å². The van der Waals surface area contributed by atoms with Crippen LogP contribution < -0.4 is 5.32 Å². The first-order valence-electron chi connectivity index (χ1n) is 8.35. The number of aryl methyl sites for hydroxylation is 2. The summed E-state index contributed by atoms with van der Waals surface area (Å²) >= 11 is 0. The van der Waals surface area contributed by atoms with Gasteiger partial charge in [-0.1, -0.05) is 29.8 Å². The Bertz CT molecular complexity index is 763. The van der Waals surface area contributed by atoms with E-state index < -0.39 is 0 Å². The topological polar surface area (TPSA) is 84.2 Å². The molecule has 6 heteroatoms. The Kier molecular flexibility index (Phi) is 6.09. The monoisotopic (exact) mass is 343 g/mol. The Labute approximate surface area is 147 Å². The molecular weight excluding hydrogens is 318 g/mol. The minimum atomic E-state index is -0.262. The minimum Gasteiger partial charge on any atom is -0.396 e. The lowest BCUT2D eigenvalue weighted by Gasteiger charge is -2.19. The van der Waals surface area contributed by atoms with E-state index in [1.54, 1.807) is 18.5 Å². The average Bonchev–Trinajstić information content (AvgIpc) is 2.81. The Balaban J connectivity index is 2.13. The molecular formula is C19H25N3O3. The molecule has 0 saturated heterocycles. The number of aliphatic hydroxyl groups is 1. The molecule has 6 nitrogen and oxygen atoms in total. The van der Waals surface area contributed by atoms with E-state index in [1.165, 1.54) is 6.92 Å². The zero-order chi connectivity index (χ0) is 18.6. The maximum Gasteiger partial charge on any atom is 0.242 e. The molecule has 1 aromatic heterocycles. The molecule has 0 aliphatic carbocycles. The van der Waals surface area contributed by atoms with E-state index in [-0.39, 0.29) is 30.9 Å². The highest BCUT2D eigenvalue weighted by molar-refractivity contribution is 5.96. The lowest BCUT2D eigenvalue weighted by atomic mass is 10.0. The van der Waals surface area contributed by atoms with Crippen molar-refractivity contribution in [2.75, 3.05) is 6.61 Å². The molecule has 1 amide bonds. The first-order valence-corrected chi connectivity index (χ1v) is 8.35. The third kappa shape index (κ3) is 4.54. The summed E-state index contributed by atoms with van der Waals surface area (Å²) in [6.07, 6.45) is 0.435. The lowest BCUT2D eigenvalue weighted by molar-refractivity contribution is -0.122. The van der Waals surface area contributed by atoms with Crippen LogP contribution in [0, 0.1) is 20.8 Å². The van der Waals surface area contributed by atoms with E-state index in [9.17, 15) is 14.7 Å². The number of amides is 1. The second-order valence-electron chi connectivity index (χ2n) is 6.30. The van der Waals surface area contributed by atoms with Gasteiger partial charge in [0.1, 0.15) is 6.54 Å². The van der Waals surface area contributed by atoms with Crippen LogP contribution >= 0.6 is 0 Å². The summed E-state index contributed by atoms with van der Waals surface area (Å²) in [6.45, 7) is 7.06. The number of benzene rings is 1. The number of nitrogens with zero attached hydrogens (tertiary/aromatic N) is 2. The van der Waals surface area contributed by atoms with Crippen molar-refractivity contribution in [1.82, 2.24) is 15.1 Å². The number of Topliss-reactive ketones (excluding diaryl/α,β-unsaturated/α-hetero) is 1. The third-order valence-electron chi connectivity index (χ3n) is 4.26. The molecule has 0 aliphatic rings. The Morgan fingerprint density at radius 3 is 2.36 bits per heavy atom. The maximum atomic E-state index is 12.4. The quantitative estimate of drug-likeness (QED) is 0.755. The van der Waals surface area contributed by atoms with E-state index in [4.69, 9.17) is 0 Å². The molecule has 0 bridgehead atoms. The minimum absolute atomic E-state index is 0.0206. The van der Waals surface area contributed by atoms with Gasteiger partial charge in [-0.25, -0.2) is 0 Å². The number of carbonyl (C=O) groups excluding carboxylic acids is 2. The number of aliphatic hydroxyl groups excluding tert-OH is 1. The second-order valence-corrected chi connectivity index (χ2v) is 6.30. The van der Waals surface area contributed by atoms with Crippen LogP contribution in [0.15, 0.2) is 24.3 Å². The standard InChI is InChI=1S/C19H25N3O3/c1-12-5-7-16(8-6-12)17(9-10-23)20-18(25)11-22-14(3)19(15(4)24)13(2)21-22/h5-8,17,23H,9-11H2,1-4H3,(H,20,25)/t17-/m1/s1. The van der Waals surface area contributed by atoms with Crippen molar-refractivity contribution >= 4 is 11.7 Å². The van der Waals surface area contributed by atoms with Gasteiger partial charge < -0.3 is 10.4 Å². The number of carbonyl (C=O) groups is 2. The predicted molar refractivity (Wildman–Crippen MR) is 95.5 cm³/mol. The molecule has 1 heterocycles. The van der Waals surface area contributed by atoms with Crippen LogP contribution in [0.25, 0.3) is 0 Å². The Hall–Kier alpha value is -2.47. The highest BCUT2D eigenvalue weighted by Gasteiger charge is 2.19. The zero-order valence-electron chi connectivity index (χ0n) is 15.2. The van der Waals surface area contributed by atoms with Crippen LogP contribution in [0.1, 0.15) is 52.3 Å². The average molecular weight is 343 g/mol. The van der Waals surface area contributed by atoms with Crippen LogP contribution in [-0.4, -0.2) is 33.2 Å². The zero-order valence-corrected chi connectivity index (χ0v) is 15.2. The maximum absolute atomic E-state index is 12.4.